The standard InChI is InChI=1S/C9H7BrClN/c1-12-3-2-6-4-8(11)7(10)5-9(6)12/h2-5H,1H3. The average Bonchev–Trinajstić information content (AvgIpc) is 2.35. The normalized spacial score (nSPS) is 10.9. The van der Waals surface area contributed by atoms with E-state index in [1.165, 1.54) is 10.9 Å². The fraction of sp³-hybridized carbons (Fsp3) is 0.111. The molecule has 0 unspecified atom stereocenters. The summed E-state index contributed by atoms with van der Waals surface area (Å²) in [4.78, 5) is 0. The van der Waals surface area contributed by atoms with Gasteiger partial charge in [-0.25, -0.2) is 0 Å². The summed E-state index contributed by atoms with van der Waals surface area (Å²) in [6, 6.07) is 6.03. The van der Waals surface area contributed by atoms with Gasteiger partial charge in [-0.1, -0.05) is 11.6 Å². The minimum Gasteiger partial charge on any atom is -0.351 e. The number of hydrogen-bond acceptors (Lipinski definition) is 0. The number of hydrogen-bond donors (Lipinski definition) is 0. The summed E-state index contributed by atoms with van der Waals surface area (Å²) in [6.07, 6.45) is 2.02. The zero-order valence-electron chi connectivity index (χ0n) is 6.51. The summed E-state index contributed by atoms with van der Waals surface area (Å²) in [6.45, 7) is 0. The largest absolute Gasteiger partial charge is 0.351 e. The predicted molar refractivity (Wildman–Crippen MR) is 55.6 cm³/mol. The van der Waals surface area contributed by atoms with Crippen molar-refractivity contribution in [2.45, 2.75) is 0 Å². The van der Waals surface area contributed by atoms with Crippen molar-refractivity contribution in [3.05, 3.63) is 33.9 Å². The Morgan fingerprint density at radius 3 is 2.92 bits per heavy atom. The maximum Gasteiger partial charge on any atom is 0.0555 e. The summed E-state index contributed by atoms with van der Waals surface area (Å²) >= 11 is 9.33. The van der Waals surface area contributed by atoms with E-state index in [0.717, 1.165) is 9.50 Å². The Morgan fingerprint density at radius 1 is 1.42 bits per heavy atom. The second-order valence-electron chi connectivity index (χ2n) is 2.75. The van der Waals surface area contributed by atoms with E-state index in [0.29, 0.717) is 0 Å². The van der Waals surface area contributed by atoms with Crippen LogP contribution in [0.25, 0.3) is 10.9 Å². The van der Waals surface area contributed by atoms with Gasteiger partial charge < -0.3 is 4.57 Å². The van der Waals surface area contributed by atoms with E-state index in [1.807, 2.05) is 31.4 Å². The third-order valence-corrected chi connectivity index (χ3v) is 3.12. The van der Waals surface area contributed by atoms with E-state index in [2.05, 4.69) is 20.5 Å². The molecule has 12 heavy (non-hydrogen) atoms. The van der Waals surface area contributed by atoms with Gasteiger partial charge in [-0.15, -0.1) is 0 Å². The van der Waals surface area contributed by atoms with Crippen molar-refractivity contribution >= 4 is 38.4 Å². The molecule has 0 saturated carbocycles. The van der Waals surface area contributed by atoms with Gasteiger partial charge in [0.2, 0.25) is 0 Å². The van der Waals surface area contributed by atoms with Gasteiger partial charge in [0.05, 0.1) is 5.02 Å². The second kappa shape index (κ2) is 2.79. The number of fused-ring (bicyclic) bond motifs is 1. The molecule has 1 heterocycles. The van der Waals surface area contributed by atoms with Crippen LogP contribution in [0.2, 0.25) is 5.02 Å². The molecule has 0 fully saturated rings. The summed E-state index contributed by atoms with van der Waals surface area (Å²) in [5, 5.41) is 1.93. The van der Waals surface area contributed by atoms with Crippen molar-refractivity contribution < 1.29 is 0 Å². The predicted octanol–water partition coefficient (Wildman–Crippen LogP) is 3.59. The lowest BCUT2D eigenvalue weighted by atomic mass is 10.2. The molecule has 1 aromatic carbocycles. The minimum atomic E-state index is 0.758. The maximum atomic E-state index is 5.94. The van der Waals surface area contributed by atoms with Crippen molar-refractivity contribution in [1.29, 1.82) is 0 Å². The quantitative estimate of drug-likeness (QED) is 0.667. The zero-order chi connectivity index (χ0) is 8.72. The number of rotatable bonds is 0. The molecule has 0 aliphatic heterocycles. The van der Waals surface area contributed by atoms with Crippen LogP contribution in [-0.2, 0) is 7.05 Å². The molecule has 0 aliphatic rings. The molecular formula is C9H7BrClN. The number of halogens is 2. The summed E-state index contributed by atoms with van der Waals surface area (Å²) in [5.74, 6) is 0. The van der Waals surface area contributed by atoms with Crippen molar-refractivity contribution in [1.82, 2.24) is 4.57 Å². The first kappa shape index (κ1) is 8.14. The van der Waals surface area contributed by atoms with Crippen LogP contribution in [0, 0.1) is 0 Å². The van der Waals surface area contributed by atoms with E-state index in [-0.39, 0.29) is 0 Å². The van der Waals surface area contributed by atoms with E-state index < -0.39 is 0 Å². The molecule has 3 heteroatoms. The average molecular weight is 245 g/mol. The first-order chi connectivity index (χ1) is 5.68. The maximum absolute atomic E-state index is 5.94. The highest BCUT2D eigenvalue weighted by Gasteiger charge is 2.02. The van der Waals surface area contributed by atoms with Crippen LogP contribution in [0.5, 0.6) is 0 Å². The highest BCUT2D eigenvalue weighted by molar-refractivity contribution is 9.10. The number of benzene rings is 1. The highest BCUT2D eigenvalue weighted by atomic mass is 79.9. The minimum absolute atomic E-state index is 0.758. The van der Waals surface area contributed by atoms with E-state index in [1.54, 1.807) is 0 Å². The molecule has 62 valence electrons. The molecule has 0 spiro atoms. The molecule has 1 nitrogen and oxygen atoms in total. The van der Waals surface area contributed by atoms with Gasteiger partial charge >= 0.3 is 0 Å². The van der Waals surface area contributed by atoms with Crippen LogP contribution >= 0.6 is 27.5 Å². The Kier molecular flexibility index (Phi) is 1.89. The van der Waals surface area contributed by atoms with Gasteiger partial charge in [0.25, 0.3) is 0 Å². The lowest BCUT2D eigenvalue weighted by molar-refractivity contribution is 0.969. The third-order valence-electron chi connectivity index (χ3n) is 1.93. The van der Waals surface area contributed by atoms with E-state index >= 15 is 0 Å². The van der Waals surface area contributed by atoms with Crippen molar-refractivity contribution in [2.24, 2.45) is 7.05 Å². The zero-order valence-corrected chi connectivity index (χ0v) is 8.85. The lowest BCUT2D eigenvalue weighted by Gasteiger charge is -1.98. The van der Waals surface area contributed by atoms with Crippen LogP contribution in [0.15, 0.2) is 28.9 Å². The Balaban J connectivity index is 2.87. The molecule has 0 radical (unpaired) electrons. The fourth-order valence-electron chi connectivity index (χ4n) is 1.26. The van der Waals surface area contributed by atoms with Crippen LogP contribution in [0.4, 0.5) is 0 Å². The van der Waals surface area contributed by atoms with Crippen molar-refractivity contribution in [2.75, 3.05) is 0 Å². The van der Waals surface area contributed by atoms with E-state index in [9.17, 15) is 0 Å². The Bertz CT molecular complexity index is 433. The molecule has 2 aromatic rings. The molecule has 1 aromatic heterocycles. The number of aromatic nitrogens is 1. The lowest BCUT2D eigenvalue weighted by Crippen LogP contribution is -1.83. The van der Waals surface area contributed by atoms with Gasteiger partial charge in [0.1, 0.15) is 0 Å². The van der Waals surface area contributed by atoms with E-state index in [4.69, 9.17) is 11.6 Å². The number of aryl methyl sites for hydroxylation is 1. The Hall–Kier alpha value is -0.470. The van der Waals surface area contributed by atoms with Crippen LogP contribution in [0.1, 0.15) is 0 Å². The Labute approximate surface area is 84.1 Å². The SMILES string of the molecule is Cn1ccc2cc(Cl)c(Br)cc21. The van der Waals surface area contributed by atoms with Crippen molar-refractivity contribution in [3.8, 4) is 0 Å². The summed E-state index contributed by atoms with van der Waals surface area (Å²) in [7, 11) is 2.02. The molecule has 0 aliphatic carbocycles. The second-order valence-corrected chi connectivity index (χ2v) is 4.01. The molecular weight excluding hydrogens is 237 g/mol. The topological polar surface area (TPSA) is 4.93 Å². The van der Waals surface area contributed by atoms with Gasteiger partial charge in [-0.05, 0) is 34.1 Å². The molecule has 0 saturated heterocycles. The monoisotopic (exact) mass is 243 g/mol. The van der Waals surface area contributed by atoms with Gasteiger partial charge in [0.15, 0.2) is 0 Å². The summed E-state index contributed by atoms with van der Waals surface area (Å²) < 4.78 is 3.01. The molecule has 0 atom stereocenters. The first-order valence-electron chi connectivity index (χ1n) is 3.58. The highest BCUT2D eigenvalue weighted by Crippen LogP contribution is 2.28. The van der Waals surface area contributed by atoms with Crippen molar-refractivity contribution in [3.63, 3.8) is 0 Å². The van der Waals surface area contributed by atoms with Gasteiger partial charge in [0, 0.05) is 28.6 Å². The Morgan fingerprint density at radius 2 is 2.17 bits per heavy atom. The van der Waals surface area contributed by atoms with Crippen LogP contribution < -0.4 is 0 Å². The van der Waals surface area contributed by atoms with Gasteiger partial charge in [-0.2, -0.15) is 0 Å². The first-order valence-corrected chi connectivity index (χ1v) is 4.75. The van der Waals surface area contributed by atoms with Crippen LogP contribution in [-0.4, -0.2) is 4.57 Å². The van der Waals surface area contributed by atoms with Crippen LogP contribution in [0.3, 0.4) is 0 Å². The molecule has 2 rings (SSSR count). The molecule has 0 bridgehead atoms. The fourth-order valence-corrected chi connectivity index (χ4v) is 1.77. The number of nitrogens with zero attached hydrogens (tertiary/aromatic N) is 1. The molecule has 0 N–H and O–H groups in total. The van der Waals surface area contributed by atoms with Gasteiger partial charge in [-0.3, -0.25) is 0 Å². The summed E-state index contributed by atoms with van der Waals surface area (Å²) in [5.41, 5.74) is 1.19. The molecule has 0 amide bonds. The third kappa shape index (κ3) is 1.15. The smallest absolute Gasteiger partial charge is 0.0555 e.